The van der Waals surface area contributed by atoms with Gasteiger partial charge in [0.05, 0.1) is 22.5 Å². The maximum absolute atomic E-state index is 12.5. The Morgan fingerprint density at radius 1 is 1.36 bits per heavy atom. The van der Waals surface area contributed by atoms with Crippen LogP contribution in [0.4, 0.5) is 8.78 Å². The number of likely N-dealkylation sites (tertiary alicyclic amines) is 1. The Kier molecular flexibility index (Phi) is 6.31. The lowest BCUT2D eigenvalue weighted by Crippen LogP contribution is -2.46. The van der Waals surface area contributed by atoms with Crippen molar-refractivity contribution >= 4 is 29.0 Å². The quantitative estimate of drug-likeness (QED) is 0.729. The van der Waals surface area contributed by atoms with Gasteiger partial charge in [-0.2, -0.15) is 13.2 Å². The molecule has 10 heteroatoms. The standard InChI is InChI=1S/C18H23F2N3O3S2/c1-18(2,3)11-6-10(16(24)25)7-23(8-11)9-12-4-5-13(27-12)14-15(22-28-21-14)26-17(19)20/h4-5,10-11,17H,6-9H2,1-3H3,(H,24,25)/t10-,11-/m1/s1. The number of carbonyl (C=O) groups is 1. The van der Waals surface area contributed by atoms with Crippen LogP contribution < -0.4 is 4.74 Å². The largest absolute Gasteiger partial charge is 0.481 e. The van der Waals surface area contributed by atoms with Gasteiger partial charge in [-0.3, -0.25) is 9.69 Å². The molecular weight excluding hydrogens is 408 g/mol. The maximum Gasteiger partial charge on any atom is 0.388 e. The molecule has 0 aliphatic carbocycles. The maximum atomic E-state index is 12.5. The molecule has 0 spiro atoms. The highest BCUT2D eigenvalue weighted by Crippen LogP contribution is 2.38. The van der Waals surface area contributed by atoms with Crippen LogP contribution in [-0.4, -0.2) is 44.4 Å². The van der Waals surface area contributed by atoms with Crippen molar-refractivity contribution < 1.29 is 23.4 Å². The molecule has 154 valence electrons. The van der Waals surface area contributed by atoms with E-state index in [2.05, 4.69) is 39.2 Å². The van der Waals surface area contributed by atoms with Crippen molar-refractivity contribution in [1.82, 2.24) is 13.6 Å². The van der Waals surface area contributed by atoms with Gasteiger partial charge in [-0.1, -0.05) is 20.8 Å². The van der Waals surface area contributed by atoms with Crippen molar-refractivity contribution in [2.24, 2.45) is 17.3 Å². The van der Waals surface area contributed by atoms with Crippen molar-refractivity contribution in [1.29, 1.82) is 0 Å². The summed E-state index contributed by atoms with van der Waals surface area (Å²) in [5, 5.41) is 9.52. The van der Waals surface area contributed by atoms with E-state index in [1.165, 1.54) is 11.3 Å². The summed E-state index contributed by atoms with van der Waals surface area (Å²) in [6.45, 7) is 5.43. The molecule has 0 saturated carbocycles. The molecule has 1 aliphatic heterocycles. The molecule has 0 radical (unpaired) electrons. The number of aliphatic carboxylic acids is 1. The summed E-state index contributed by atoms with van der Waals surface area (Å²) < 4.78 is 37.3. The lowest BCUT2D eigenvalue weighted by molar-refractivity contribution is -0.145. The average molecular weight is 432 g/mol. The monoisotopic (exact) mass is 431 g/mol. The first kappa shape index (κ1) is 21.1. The third kappa shape index (κ3) is 5.03. The Morgan fingerprint density at radius 3 is 2.75 bits per heavy atom. The summed E-state index contributed by atoms with van der Waals surface area (Å²) in [5.74, 6) is -1.01. The Labute approximate surface area is 170 Å². The Bertz CT molecular complexity index is 819. The zero-order valence-corrected chi connectivity index (χ0v) is 17.5. The second-order valence-corrected chi connectivity index (χ2v) is 9.79. The number of carboxylic acid groups (broad SMARTS) is 1. The molecule has 6 nitrogen and oxygen atoms in total. The number of halogens is 2. The number of thiophene rings is 1. The van der Waals surface area contributed by atoms with Gasteiger partial charge in [0.15, 0.2) is 5.69 Å². The van der Waals surface area contributed by atoms with E-state index in [9.17, 15) is 18.7 Å². The summed E-state index contributed by atoms with van der Waals surface area (Å²) in [6, 6.07) is 3.73. The van der Waals surface area contributed by atoms with Gasteiger partial charge in [0.1, 0.15) is 0 Å². The highest BCUT2D eigenvalue weighted by atomic mass is 32.1. The van der Waals surface area contributed by atoms with Crippen molar-refractivity contribution in [3.05, 3.63) is 17.0 Å². The molecule has 3 heterocycles. The van der Waals surface area contributed by atoms with Crippen LogP contribution in [0.2, 0.25) is 0 Å². The van der Waals surface area contributed by atoms with Gasteiger partial charge >= 0.3 is 12.6 Å². The normalized spacial score (nSPS) is 21.2. The highest BCUT2D eigenvalue weighted by molar-refractivity contribution is 7.15. The van der Waals surface area contributed by atoms with Gasteiger partial charge < -0.3 is 9.84 Å². The fourth-order valence-corrected chi connectivity index (χ4v) is 5.02. The summed E-state index contributed by atoms with van der Waals surface area (Å²) in [7, 11) is 0. The molecule has 1 saturated heterocycles. The van der Waals surface area contributed by atoms with E-state index in [0.717, 1.165) is 23.2 Å². The summed E-state index contributed by atoms with van der Waals surface area (Å²) in [4.78, 5) is 15.5. The molecule has 0 amide bonds. The lowest BCUT2D eigenvalue weighted by atomic mass is 9.73. The predicted octanol–water partition coefficient (Wildman–Crippen LogP) is 4.44. The van der Waals surface area contributed by atoms with E-state index in [1.54, 1.807) is 0 Å². The minimum atomic E-state index is -2.95. The van der Waals surface area contributed by atoms with Crippen LogP contribution in [0.5, 0.6) is 5.88 Å². The van der Waals surface area contributed by atoms with Gasteiger partial charge in [0.25, 0.3) is 5.88 Å². The number of carboxylic acids is 1. The average Bonchev–Trinajstić information content (AvgIpc) is 3.22. The van der Waals surface area contributed by atoms with Gasteiger partial charge in [-0.15, -0.1) is 15.7 Å². The van der Waals surface area contributed by atoms with E-state index in [-0.39, 0.29) is 23.1 Å². The molecular formula is C18H23F2N3O3S2. The zero-order chi connectivity index (χ0) is 20.5. The van der Waals surface area contributed by atoms with Crippen LogP contribution in [0.15, 0.2) is 12.1 Å². The van der Waals surface area contributed by atoms with Crippen molar-refractivity contribution in [2.45, 2.75) is 40.3 Å². The van der Waals surface area contributed by atoms with Crippen LogP contribution in [0.3, 0.4) is 0 Å². The molecule has 28 heavy (non-hydrogen) atoms. The molecule has 3 rings (SSSR count). The molecule has 0 bridgehead atoms. The van der Waals surface area contributed by atoms with Crippen molar-refractivity contribution in [3.8, 4) is 16.5 Å². The summed E-state index contributed by atoms with van der Waals surface area (Å²) in [5.41, 5.74) is 0.344. The summed E-state index contributed by atoms with van der Waals surface area (Å²) >= 11 is 2.26. The molecule has 1 fully saturated rings. The topological polar surface area (TPSA) is 75.5 Å². The van der Waals surface area contributed by atoms with E-state index >= 15 is 0 Å². The summed E-state index contributed by atoms with van der Waals surface area (Å²) in [6.07, 6.45) is 0.684. The Hall–Kier alpha value is -1.65. The van der Waals surface area contributed by atoms with Crippen LogP contribution in [0, 0.1) is 17.3 Å². The van der Waals surface area contributed by atoms with Crippen molar-refractivity contribution in [3.63, 3.8) is 0 Å². The van der Waals surface area contributed by atoms with Gasteiger partial charge in [0, 0.05) is 24.5 Å². The van der Waals surface area contributed by atoms with E-state index < -0.39 is 12.6 Å². The predicted molar refractivity (Wildman–Crippen MR) is 104 cm³/mol. The zero-order valence-electron chi connectivity index (χ0n) is 15.9. The second kappa shape index (κ2) is 8.38. The molecule has 2 atom stereocenters. The Balaban J connectivity index is 1.73. The van der Waals surface area contributed by atoms with E-state index in [0.29, 0.717) is 30.1 Å². The minimum Gasteiger partial charge on any atom is -0.481 e. The van der Waals surface area contributed by atoms with Crippen LogP contribution >= 0.6 is 23.1 Å². The molecule has 1 N–H and O–H groups in total. The number of alkyl halides is 2. The smallest absolute Gasteiger partial charge is 0.388 e. The third-order valence-corrected chi connectivity index (χ3v) is 6.62. The lowest BCUT2D eigenvalue weighted by Gasteiger charge is -2.42. The number of rotatable bonds is 6. The van der Waals surface area contributed by atoms with Gasteiger partial charge in [-0.05, 0) is 29.9 Å². The van der Waals surface area contributed by atoms with Crippen LogP contribution in [0.25, 0.3) is 10.6 Å². The Morgan fingerprint density at radius 2 is 2.11 bits per heavy atom. The second-order valence-electron chi connectivity index (χ2n) is 8.09. The fraction of sp³-hybridized carbons (Fsp3) is 0.611. The van der Waals surface area contributed by atoms with E-state index in [4.69, 9.17) is 0 Å². The third-order valence-electron chi connectivity index (χ3n) is 5.03. The molecule has 2 aromatic rings. The molecule has 2 aromatic heterocycles. The number of piperidine rings is 1. The van der Waals surface area contributed by atoms with Gasteiger partial charge in [0.2, 0.25) is 0 Å². The minimum absolute atomic E-state index is 0.0285. The number of hydrogen-bond donors (Lipinski definition) is 1. The molecule has 0 aromatic carbocycles. The number of ether oxygens (including phenoxy) is 1. The molecule has 1 aliphatic rings. The van der Waals surface area contributed by atoms with Gasteiger partial charge in [-0.25, -0.2) is 0 Å². The van der Waals surface area contributed by atoms with Crippen LogP contribution in [0.1, 0.15) is 32.1 Å². The number of nitrogens with zero attached hydrogens (tertiary/aromatic N) is 3. The number of aromatic nitrogens is 2. The first-order chi connectivity index (χ1) is 13.1. The first-order valence-corrected chi connectivity index (χ1v) is 10.5. The fourth-order valence-electron chi connectivity index (χ4n) is 3.43. The number of hydrogen-bond acceptors (Lipinski definition) is 7. The van der Waals surface area contributed by atoms with Crippen molar-refractivity contribution in [2.75, 3.05) is 13.1 Å². The highest BCUT2D eigenvalue weighted by Gasteiger charge is 2.37. The SMILES string of the molecule is CC(C)(C)[C@@H]1C[C@@H](C(=O)O)CN(Cc2ccc(-c3nsnc3OC(F)F)s2)C1. The van der Waals surface area contributed by atoms with Crippen LogP contribution in [-0.2, 0) is 11.3 Å². The van der Waals surface area contributed by atoms with E-state index in [1.807, 2.05) is 12.1 Å². The molecule has 0 unspecified atom stereocenters. The first-order valence-electron chi connectivity index (χ1n) is 8.95.